The van der Waals surface area contributed by atoms with Crippen molar-refractivity contribution in [1.82, 2.24) is 14.5 Å². The van der Waals surface area contributed by atoms with E-state index in [2.05, 4.69) is 14.5 Å². The predicted molar refractivity (Wildman–Crippen MR) is 133 cm³/mol. The van der Waals surface area contributed by atoms with Crippen LogP contribution in [0.25, 0.3) is 11.0 Å². The van der Waals surface area contributed by atoms with E-state index in [-0.39, 0.29) is 17.5 Å². The maximum atomic E-state index is 13.0. The second-order valence-electron chi connectivity index (χ2n) is 7.91. The number of carbonyl (C=O) groups is 1. The Kier molecular flexibility index (Phi) is 8.21. The number of carbonyl (C=O) groups excluding carboxylic acids is 1. The van der Waals surface area contributed by atoms with Crippen LogP contribution in [-0.4, -0.2) is 42.9 Å². The Morgan fingerprint density at radius 2 is 1.94 bits per heavy atom. The SMILES string of the molecule is CC(=O)OCCCCn1ccc2ncnc([AsH]c3ccc(Oc4cccc(C(F)(F)F)c4)c(Cl)c3)c21. The number of esters is 1. The first kappa shape index (κ1) is 26.0. The Morgan fingerprint density at radius 3 is 2.69 bits per heavy atom. The van der Waals surface area contributed by atoms with Crippen molar-refractivity contribution >= 4 is 53.2 Å². The molecule has 0 aliphatic heterocycles. The number of aryl methyl sites for hydroxylation is 1. The molecule has 0 aliphatic carbocycles. The molecule has 188 valence electrons. The van der Waals surface area contributed by atoms with E-state index in [1.807, 2.05) is 18.3 Å². The number of halogens is 4. The van der Waals surface area contributed by atoms with Crippen molar-refractivity contribution in [2.24, 2.45) is 0 Å². The van der Waals surface area contributed by atoms with Crippen LogP contribution in [0.5, 0.6) is 11.5 Å². The van der Waals surface area contributed by atoms with E-state index in [4.69, 9.17) is 21.1 Å². The second-order valence-corrected chi connectivity index (χ2v) is 11.0. The number of hydrogen-bond acceptors (Lipinski definition) is 5. The summed E-state index contributed by atoms with van der Waals surface area (Å²) >= 11 is 5.52. The molecule has 2 aromatic heterocycles. The number of fused-ring (bicyclic) bond motifs is 1. The Morgan fingerprint density at radius 1 is 1.11 bits per heavy atom. The zero-order valence-electron chi connectivity index (χ0n) is 19.2. The fourth-order valence-electron chi connectivity index (χ4n) is 3.57. The zero-order valence-corrected chi connectivity index (χ0v) is 22.0. The maximum absolute atomic E-state index is 13.0. The van der Waals surface area contributed by atoms with Crippen LogP contribution in [0.15, 0.2) is 61.1 Å². The number of unbranched alkanes of at least 4 members (excludes halogenated alkanes) is 1. The molecule has 0 amide bonds. The van der Waals surface area contributed by atoms with Gasteiger partial charge in [-0.15, -0.1) is 0 Å². The van der Waals surface area contributed by atoms with Crippen molar-refractivity contribution in [1.29, 1.82) is 0 Å². The summed E-state index contributed by atoms with van der Waals surface area (Å²) in [6.45, 7) is 2.52. The molecule has 4 aromatic rings. The van der Waals surface area contributed by atoms with Gasteiger partial charge in [0, 0.05) is 0 Å². The van der Waals surface area contributed by atoms with Gasteiger partial charge in [-0.1, -0.05) is 0 Å². The topological polar surface area (TPSA) is 66.2 Å². The minimum absolute atomic E-state index is 0.0551. The van der Waals surface area contributed by atoms with Gasteiger partial charge < -0.3 is 0 Å². The molecule has 0 aliphatic rings. The Balaban J connectivity index is 1.48. The normalized spacial score (nSPS) is 11.9. The molecule has 2 heterocycles. The summed E-state index contributed by atoms with van der Waals surface area (Å²) < 4.78 is 53.6. The molecule has 1 unspecified atom stereocenters. The van der Waals surface area contributed by atoms with Crippen LogP contribution in [0, 0.1) is 0 Å². The van der Waals surface area contributed by atoms with Gasteiger partial charge in [-0.05, 0) is 0 Å². The van der Waals surface area contributed by atoms with Crippen LogP contribution < -0.4 is 13.6 Å². The fraction of sp³-hybridized carbons (Fsp3) is 0.240. The van der Waals surface area contributed by atoms with Gasteiger partial charge in [-0.3, -0.25) is 0 Å². The Hall–Kier alpha value is -3.03. The molecule has 1 atom stereocenters. The second kappa shape index (κ2) is 11.4. The molecule has 0 radical (unpaired) electrons. The average molecular weight is 580 g/mol. The predicted octanol–water partition coefficient (Wildman–Crippen LogP) is 4.63. The van der Waals surface area contributed by atoms with Crippen LogP contribution in [-0.2, 0) is 22.3 Å². The van der Waals surface area contributed by atoms with Crippen LogP contribution in [0.1, 0.15) is 25.3 Å². The van der Waals surface area contributed by atoms with Crippen LogP contribution >= 0.6 is 11.6 Å². The van der Waals surface area contributed by atoms with E-state index in [9.17, 15) is 18.0 Å². The number of aromatic nitrogens is 3. The third-order valence-electron chi connectivity index (χ3n) is 5.23. The van der Waals surface area contributed by atoms with E-state index in [1.165, 1.54) is 19.1 Å². The molecular formula is C25H22AsClF3N3O3. The van der Waals surface area contributed by atoms with Gasteiger partial charge >= 0.3 is 217 Å². The van der Waals surface area contributed by atoms with Crippen molar-refractivity contribution in [2.45, 2.75) is 32.5 Å². The molecule has 4 rings (SSSR count). The Bertz CT molecular complexity index is 1380. The molecule has 0 spiro atoms. The van der Waals surface area contributed by atoms with Gasteiger partial charge in [0.15, 0.2) is 0 Å². The summed E-state index contributed by atoms with van der Waals surface area (Å²) in [7, 11) is 0. The first-order chi connectivity index (χ1) is 17.2. The third-order valence-corrected chi connectivity index (χ3v) is 8.05. The monoisotopic (exact) mass is 579 g/mol. The molecule has 36 heavy (non-hydrogen) atoms. The number of nitrogens with zero attached hydrogens (tertiary/aromatic N) is 3. The summed E-state index contributed by atoms with van der Waals surface area (Å²) in [6.07, 6.45) is 0.639. The molecule has 0 saturated carbocycles. The van der Waals surface area contributed by atoms with Crippen molar-refractivity contribution in [2.75, 3.05) is 6.61 Å². The van der Waals surface area contributed by atoms with E-state index >= 15 is 0 Å². The molecular weight excluding hydrogens is 558 g/mol. The van der Waals surface area contributed by atoms with Crippen LogP contribution in [0.4, 0.5) is 13.2 Å². The van der Waals surface area contributed by atoms with Gasteiger partial charge in [0.05, 0.1) is 0 Å². The minimum atomic E-state index is -4.46. The summed E-state index contributed by atoms with van der Waals surface area (Å²) in [5, 5.41) is 0.305. The quantitative estimate of drug-likeness (QED) is 0.164. The van der Waals surface area contributed by atoms with Gasteiger partial charge in [0.1, 0.15) is 0 Å². The average Bonchev–Trinajstić information content (AvgIpc) is 3.24. The molecule has 2 aromatic carbocycles. The molecule has 0 N–H and O–H groups in total. The van der Waals surface area contributed by atoms with Crippen LogP contribution in [0.3, 0.4) is 0 Å². The van der Waals surface area contributed by atoms with Crippen molar-refractivity contribution in [3.8, 4) is 11.5 Å². The zero-order chi connectivity index (χ0) is 25.7. The van der Waals surface area contributed by atoms with Crippen molar-refractivity contribution in [3.05, 3.63) is 71.6 Å². The van der Waals surface area contributed by atoms with E-state index in [1.54, 1.807) is 18.5 Å². The van der Waals surface area contributed by atoms with E-state index in [0.717, 1.165) is 51.4 Å². The van der Waals surface area contributed by atoms with E-state index in [0.29, 0.717) is 11.6 Å². The molecule has 11 heteroatoms. The third kappa shape index (κ3) is 6.59. The summed E-state index contributed by atoms with van der Waals surface area (Å²) in [6, 6.07) is 11.9. The van der Waals surface area contributed by atoms with Crippen molar-refractivity contribution in [3.63, 3.8) is 0 Å². The van der Waals surface area contributed by atoms with E-state index < -0.39 is 27.5 Å². The van der Waals surface area contributed by atoms with Gasteiger partial charge in [0.2, 0.25) is 0 Å². The van der Waals surface area contributed by atoms with Gasteiger partial charge in [-0.25, -0.2) is 0 Å². The van der Waals surface area contributed by atoms with Crippen molar-refractivity contribution < 1.29 is 27.4 Å². The summed E-state index contributed by atoms with van der Waals surface area (Å²) in [4.78, 5) is 19.8. The summed E-state index contributed by atoms with van der Waals surface area (Å²) in [5.41, 5.74) is 1.02. The first-order valence-corrected chi connectivity index (χ1v) is 13.5. The first-order valence-electron chi connectivity index (χ1n) is 11.1. The standard InChI is InChI=1S/C25H22AsClF3N3O3/c1-16(34)35-12-3-2-10-33-11-9-21-23(33)24(32-15-31-21)26-18-7-8-22(20(27)14-18)36-19-6-4-5-17(13-19)25(28,29)30/h4-9,11,13-15,26H,2-3,10,12H2,1H3. The number of rotatable bonds is 9. The summed E-state index contributed by atoms with van der Waals surface area (Å²) in [5.74, 6) is 0.0438. The molecule has 6 nitrogen and oxygen atoms in total. The fourth-order valence-corrected chi connectivity index (χ4v) is 6.44. The molecule has 0 fully saturated rings. The van der Waals surface area contributed by atoms with Crippen LogP contribution in [0.2, 0.25) is 5.02 Å². The van der Waals surface area contributed by atoms with Gasteiger partial charge in [-0.2, -0.15) is 0 Å². The number of ether oxygens (including phenoxy) is 2. The number of benzene rings is 2. The Labute approximate surface area is 217 Å². The molecule has 0 saturated heterocycles. The number of alkyl halides is 3. The van der Waals surface area contributed by atoms with Gasteiger partial charge in [0.25, 0.3) is 0 Å². The number of hydrogen-bond donors (Lipinski definition) is 0. The molecule has 0 bridgehead atoms.